The Morgan fingerprint density at radius 1 is 0.950 bits per heavy atom. The summed E-state index contributed by atoms with van der Waals surface area (Å²) in [6.45, 7) is 3.27. The molecule has 1 rings (SSSR count). The van der Waals surface area contributed by atoms with Crippen LogP contribution in [0.15, 0.2) is 17.1 Å². The van der Waals surface area contributed by atoms with Gasteiger partial charge in [-0.25, -0.2) is 0 Å². The van der Waals surface area contributed by atoms with Crippen molar-refractivity contribution in [2.75, 3.05) is 12.3 Å². The Hall–Kier alpha value is 0.110. The van der Waals surface area contributed by atoms with Gasteiger partial charge < -0.3 is 0 Å². The van der Waals surface area contributed by atoms with E-state index in [2.05, 4.69) is 24.1 Å². The number of rotatable bonds is 12. The quantitative estimate of drug-likeness (QED) is 0.295. The van der Waals surface area contributed by atoms with Crippen molar-refractivity contribution in [1.82, 2.24) is 0 Å². The zero-order chi connectivity index (χ0) is 14.3. The number of hydrogen-bond acceptors (Lipinski definition) is 3. The number of unbranched alkanes of at least 4 members (excludes halogenated alkanes) is 9. The van der Waals surface area contributed by atoms with E-state index >= 15 is 0 Å². The van der Waals surface area contributed by atoms with Crippen LogP contribution >= 0.6 is 21.6 Å². The molecule has 0 aromatic carbocycles. The summed E-state index contributed by atoms with van der Waals surface area (Å²) in [6, 6.07) is 0. The molecule has 0 bridgehead atoms. The molecule has 0 amide bonds. The average Bonchev–Trinajstić information content (AvgIpc) is 2.49. The Kier molecular flexibility index (Phi) is 12.8. The lowest BCUT2D eigenvalue weighted by Crippen LogP contribution is -1.93. The Balaban J connectivity index is 1.74. The van der Waals surface area contributed by atoms with Gasteiger partial charge in [-0.1, -0.05) is 81.6 Å². The summed E-state index contributed by atoms with van der Waals surface area (Å²) < 4.78 is 0. The van der Waals surface area contributed by atoms with E-state index in [1.807, 2.05) is 21.6 Å². The first-order chi connectivity index (χ1) is 9.93. The lowest BCUT2D eigenvalue weighted by molar-refractivity contribution is 0.563. The molecule has 20 heavy (non-hydrogen) atoms. The average molecular weight is 314 g/mol. The van der Waals surface area contributed by atoms with Crippen LogP contribution in [0.4, 0.5) is 0 Å². The van der Waals surface area contributed by atoms with Crippen molar-refractivity contribution in [3.05, 3.63) is 12.2 Å². The summed E-state index contributed by atoms with van der Waals surface area (Å²) in [6.07, 6.45) is 19.8. The Morgan fingerprint density at radius 3 is 2.20 bits per heavy atom. The third-order valence-corrected chi connectivity index (χ3v) is 5.92. The van der Waals surface area contributed by atoms with Crippen LogP contribution in [0, 0.1) is 0 Å². The van der Waals surface area contributed by atoms with Gasteiger partial charge in [0.1, 0.15) is 5.04 Å². The SMILES string of the molecule is CCCCCCCCCCCCSSC1=NCCC=C1. The second kappa shape index (κ2) is 14.1. The minimum atomic E-state index is 0.984. The van der Waals surface area contributed by atoms with Crippen molar-refractivity contribution in [2.45, 2.75) is 77.6 Å². The minimum absolute atomic E-state index is 0.984. The zero-order valence-electron chi connectivity index (χ0n) is 13.1. The normalized spacial score (nSPS) is 14.6. The molecular formula is C17H31NS2. The number of hydrogen-bond donors (Lipinski definition) is 0. The molecule has 1 aliphatic rings. The molecule has 116 valence electrons. The molecule has 3 heteroatoms. The van der Waals surface area contributed by atoms with Gasteiger partial charge in [-0.15, -0.1) is 0 Å². The van der Waals surface area contributed by atoms with E-state index < -0.39 is 0 Å². The smallest absolute Gasteiger partial charge is 0.101 e. The zero-order valence-corrected chi connectivity index (χ0v) is 14.7. The van der Waals surface area contributed by atoms with Gasteiger partial charge in [0.2, 0.25) is 0 Å². The van der Waals surface area contributed by atoms with Crippen molar-refractivity contribution in [2.24, 2.45) is 4.99 Å². The maximum atomic E-state index is 4.49. The molecule has 1 heterocycles. The summed E-state index contributed by atoms with van der Waals surface area (Å²) >= 11 is 0. The van der Waals surface area contributed by atoms with E-state index in [1.54, 1.807) is 0 Å². The van der Waals surface area contributed by atoms with E-state index in [1.165, 1.54) is 75.0 Å². The van der Waals surface area contributed by atoms with Gasteiger partial charge >= 0.3 is 0 Å². The fourth-order valence-corrected chi connectivity index (χ4v) is 4.40. The molecule has 0 aromatic rings. The molecule has 0 radical (unpaired) electrons. The van der Waals surface area contributed by atoms with Gasteiger partial charge in [0.15, 0.2) is 0 Å². The van der Waals surface area contributed by atoms with Crippen molar-refractivity contribution < 1.29 is 0 Å². The van der Waals surface area contributed by atoms with Gasteiger partial charge in [-0.2, -0.15) is 0 Å². The lowest BCUT2D eigenvalue weighted by atomic mass is 10.1. The number of aliphatic imine (C=N–C) groups is 1. The molecule has 0 N–H and O–H groups in total. The molecule has 0 atom stereocenters. The van der Waals surface area contributed by atoms with Crippen LogP contribution < -0.4 is 0 Å². The van der Waals surface area contributed by atoms with Crippen LogP contribution in [0.25, 0.3) is 0 Å². The van der Waals surface area contributed by atoms with Crippen molar-refractivity contribution >= 4 is 26.6 Å². The predicted octanol–water partition coefficient (Wildman–Crippen LogP) is 6.65. The van der Waals surface area contributed by atoms with Crippen molar-refractivity contribution in [3.8, 4) is 0 Å². The number of dihydropyridines is 1. The van der Waals surface area contributed by atoms with Crippen LogP contribution in [0.3, 0.4) is 0 Å². The van der Waals surface area contributed by atoms with Crippen LogP contribution in [-0.2, 0) is 0 Å². The predicted molar refractivity (Wildman–Crippen MR) is 98.0 cm³/mol. The highest BCUT2D eigenvalue weighted by Crippen LogP contribution is 2.26. The minimum Gasteiger partial charge on any atom is -0.277 e. The van der Waals surface area contributed by atoms with Gasteiger partial charge in [0.25, 0.3) is 0 Å². The third-order valence-electron chi connectivity index (χ3n) is 3.55. The Labute approximate surface area is 133 Å². The highest BCUT2D eigenvalue weighted by atomic mass is 33.1. The molecule has 0 saturated heterocycles. The molecule has 0 saturated carbocycles. The monoisotopic (exact) mass is 313 g/mol. The summed E-state index contributed by atoms with van der Waals surface area (Å²) in [5, 5.41) is 1.22. The summed E-state index contributed by atoms with van der Waals surface area (Å²) in [7, 11) is 3.83. The summed E-state index contributed by atoms with van der Waals surface area (Å²) in [4.78, 5) is 4.49. The first kappa shape index (κ1) is 18.2. The van der Waals surface area contributed by atoms with E-state index in [4.69, 9.17) is 0 Å². The molecule has 0 fully saturated rings. The van der Waals surface area contributed by atoms with Crippen molar-refractivity contribution in [1.29, 1.82) is 0 Å². The van der Waals surface area contributed by atoms with E-state index in [0.29, 0.717) is 0 Å². The second-order valence-electron chi connectivity index (χ2n) is 5.50. The Morgan fingerprint density at radius 2 is 1.60 bits per heavy atom. The van der Waals surface area contributed by atoms with Crippen LogP contribution in [0.5, 0.6) is 0 Å². The molecule has 0 unspecified atom stereocenters. The summed E-state index contributed by atoms with van der Waals surface area (Å²) in [5.41, 5.74) is 0. The lowest BCUT2D eigenvalue weighted by Gasteiger charge is -2.05. The maximum Gasteiger partial charge on any atom is 0.101 e. The van der Waals surface area contributed by atoms with Gasteiger partial charge in [0.05, 0.1) is 0 Å². The van der Waals surface area contributed by atoms with Crippen LogP contribution in [0.1, 0.15) is 77.6 Å². The number of nitrogens with zero attached hydrogens (tertiary/aromatic N) is 1. The van der Waals surface area contributed by atoms with E-state index in [-0.39, 0.29) is 0 Å². The highest BCUT2D eigenvalue weighted by Gasteiger charge is 2.00. The van der Waals surface area contributed by atoms with E-state index in [9.17, 15) is 0 Å². The van der Waals surface area contributed by atoms with E-state index in [0.717, 1.165) is 13.0 Å². The first-order valence-electron chi connectivity index (χ1n) is 8.44. The van der Waals surface area contributed by atoms with Gasteiger partial charge in [-0.05, 0) is 29.7 Å². The molecule has 1 aliphatic heterocycles. The molecular weight excluding hydrogens is 282 g/mol. The highest BCUT2D eigenvalue weighted by molar-refractivity contribution is 8.82. The van der Waals surface area contributed by atoms with Crippen LogP contribution in [0.2, 0.25) is 0 Å². The molecule has 0 spiro atoms. The maximum absolute atomic E-state index is 4.49. The topological polar surface area (TPSA) is 12.4 Å². The van der Waals surface area contributed by atoms with Gasteiger partial charge in [0, 0.05) is 12.3 Å². The van der Waals surface area contributed by atoms with Crippen molar-refractivity contribution in [3.63, 3.8) is 0 Å². The second-order valence-corrected chi connectivity index (χ2v) is 7.93. The fraction of sp³-hybridized carbons (Fsp3) is 0.824. The van der Waals surface area contributed by atoms with Gasteiger partial charge in [-0.3, -0.25) is 4.99 Å². The molecule has 0 aromatic heterocycles. The first-order valence-corrected chi connectivity index (χ1v) is 10.8. The van der Waals surface area contributed by atoms with Crippen LogP contribution in [-0.4, -0.2) is 17.3 Å². The standard InChI is InChI=1S/C17H31NS2/c1-2-3-4-5-6-7-8-9-10-13-16-19-20-17-14-11-12-15-18-17/h11,14H,2-10,12-13,15-16H2,1H3. The summed E-state index contributed by atoms with van der Waals surface area (Å²) in [5.74, 6) is 1.27. The third kappa shape index (κ3) is 10.8. The fourth-order valence-electron chi connectivity index (χ4n) is 2.29. The molecule has 1 nitrogen and oxygen atoms in total. The Bertz CT molecular complexity index is 274. The molecule has 0 aliphatic carbocycles. The largest absolute Gasteiger partial charge is 0.277 e.